The molecule has 0 atom stereocenters. The van der Waals surface area contributed by atoms with Gasteiger partial charge in [0, 0.05) is 20.6 Å². The van der Waals surface area contributed by atoms with Gasteiger partial charge in [-0.15, -0.1) is 0 Å². The van der Waals surface area contributed by atoms with Gasteiger partial charge >= 0.3 is 11.9 Å². The predicted octanol–water partition coefficient (Wildman–Crippen LogP) is 2.17. The van der Waals surface area contributed by atoms with E-state index in [-0.39, 0.29) is 6.42 Å². The average molecular weight is 278 g/mol. The third-order valence-electron chi connectivity index (χ3n) is 2.68. The van der Waals surface area contributed by atoms with Gasteiger partial charge in [-0.3, -0.25) is 4.79 Å². The zero-order valence-corrected chi connectivity index (χ0v) is 11.8. The van der Waals surface area contributed by atoms with Crippen molar-refractivity contribution in [2.75, 3.05) is 14.2 Å². The SMILES string of the molecule is CCC(=O)OC(=O)C(C=Cc1ccccc1)(OC)OC. The summed E-state index contributed by atoms with van der Waals surface area (Å²) in [4.78, 5) is 23.2. The van der Waals surface area contributed by atoms with Crippen LogP contribution in [-0.4, -0.2) is 31.9 Å². The molecule has 0 amide bonds. The minimum absolute atomic E-state index is 0.0949. The highest BCUT2D eigenvalue weighted by Gasteiger charge is 2.39. The summed E-state index contributed by atoms with van der Waals surface area (Å²) in [5.41, 5.74) is 0.862. The Hall–Kier alpha value is -1.98. The molecule has 1 aromatic carbocycles. The lowest BCUT2D eigenvalue weighted by atomic mass is 10.1. The number of hydrogen-bond acceptors (Lipinski definition) is 5. The van der Waals surface area contributed by atoms with E-state index in [2.05, 4.69) is 4.74 Å². The number of carbonyl (C=O) groups is 2. The molecular weight excluding hydrogens is 260 g/mol. The summed E-state index contributed by atoms with van der Waals surface area (Å²) < 4.78 is 14.8. The van der Waals surface area contributed by atoms with Gasteiger partial charge in [-0.1, -0.05) is 43.3 Å². The van der Waals surface area contributed by atoms with Crippen molar-refractivity contribution < 1.29 is 23.8 Å². The van der Waals surface area contributed by atoms with Crippen LogP contribution in [0.25, 0.3) is 6.08 Å². The second kappa shape index (κ2) is 7.57. The highest BCUT2D eigenvalue weighted by Crippen LogP contribution is 2.18. The summed E-state index contributed by atoms with van der Waals surface area (Å²) >= 11 is 0. The van der Waals surface area contributed by atoms with E-state index in [1.807, 2.05) is 30.3 Å². The number of carbonyl (C=O) groups excluding carboxylic acids is 2. The van der Waals surface area contributed by atoms with Crippen LogP contribution in [0, 0.1) is 0 Å². The second-order valence-corrected chi connectivity index (χ2v) is 3.93. The minimum atomic E-state index is -1.74. The van der Waals surface area contributed by atoms with E-state index >= 15 is 0 Å². The first-order valence-corrected chi connectivity index (χ1v) is 6.17. The maximum absolute atomic E-state index is 12.0. The Morgan fingerprint density at radius 1 is 1.15 bits per heavy atom. The van der Waals surface area contributed by atoms with Crippen LogP contribution in [0.3, 0.4) is 0 Å². The Labute approximate surface area is 118 Å². The molecule has 108 valence electrons. The molecular formula is C15H18O5. The van der Waals surface area contributed by atoms with Crippen molar-refractivity contribution >= 4 is 18.0 Å². The smallest absolute Gasteiger partial charge is 0.378 e. The number of ether oxygens (including phenoxy) is 3. The third-order valence-corrected chi connectivity index (χ3v) is 2.68. The molecule has 0 unspecified atom stereocenters. The molecule has 0 aliphatic heterocycles. The van der Waals surface area contributed by atoms with Crippen LogP contribution in [0.15, 0.2) is 36.4 Å². The lowest BCUT2D eigenvalue weighted by molar-refractivity contribution is -0.211. The molecule has 0 saturated heterocycles. The van der Waals surface area contributed by atoms with Crippen molar-refractivity contribution in [2.24, 2.45) is 0 Å². The van der Waals surface area contributed by atoms with Crippen molar-refractivity contribution in [3.05, 3.63) is 42.0 Å². The highest BCUT2D eigenvalue weighted by molar-refractivity contribution is 5.91. The van der Waals surface area contributed by atoms with E-state index in [0.29, 0.717) is 0 Å². The van der Waals surface area contributed by atoms with Crippen LogP contribution in [0.1, 0.15) is 18.9 Å². The van der Waals surface area contributed by atoms with E-state index in [1.54, 1.807) is 13.0 Å². The average Bonchev–Trinajstić information content (AvgIpc) is 2.49. The monoisotopic (exact) mass is 278 g/mol. The van der Waals surface area contributed by atoms with Crippen molar-refractivity contribution in [2.45, 2.75) is 19.1 Å². The molecule has 0 fully saturated rings. The van der Waals surface area contributed by atoms with E-state index in [4.69, 9.17) is 9.47 Å². The molecule has 20 heavy (non-hydrogen) atoms. The van der Waals surface area contributed by atoms with Crippen molar-refractivity contribution in [1.29, 1.82) is 0 Å². The van der Waals surface area contributed by atoms with Gasteiger partial charge in [-0.2, -0.15) is 0 Å². The van der Waals surface area contributed by atoms with Gasteiger partial charge in [-0.05, 0) is 11.6 Å². The van der Waals surface area contributed by atoms with Gasteiger partial charge in [0.2, 0.25) is 0 Å². The van der Waals surface area contributed by atoms with E-state index in [1.165, 1.54) is 20.3 Å². The zero-order valence-electron chi connectivity index (χ0n) is 11.8. The number of benzene rings is 1. The molecule has 1 aromatic rings. The van der Waals surface area contributed by atoms with E-state index in [0.717, 1.165) is 5.56 Å². The van der Waals surface area contributed by atoms with Crippen LogP contribution in [-0.2, 0) is 23.8 Å². The normalized spacial score (nSPS) is 11.6. The second-order valence-electron chi connectivity index (χ2n) is 3.93. The summed E-state index contributed by atoms with van der Waals surface area (Å²) in [7, 11) is 2.60. The van der Waals surface area contributed by atoms with Crippen molar-refractivity contribution in [3.63, 3.8) is 0 Å². The molecule has 0 aromatic heterocycles. The van der Waals surface area contributed by atoms with Gasteiger partial charge in [-0.25, -0.2) is 4.79 Å². The topological polar surface area (TPSA) is 61.8 Å². The quantitative estimate of drug-likeness (QED) is 0.453. The molecule has 1 rings (SSSR count). The number of hydrogen-bond donors (Lipinski definition) is 0. The van der Waals surface area contributed by atoms with Crippen LogP contribution < -0.4 is 0 Å². The molecule has 0 aliphatic carbocycles. The summed E-state index contributed by atoms with van der Waals surface area (Å²) in [6.07, 6.45) is 3.16. The van der Waals surface area contributed by atoms with Gasteiger partial charge in [0.15, 0.2) is 0 Å². The Kier molecular flexibility index (Phi) is 6.09. The number of rotatable bonds is 6. The Morgan fingerprint density at radius 3 is 2.25 bits per heavy atom. The van der Waals surface area contributed by atoms with Crippen molar-refractivity contribution in [3.8, 4) is 0 Å². The molecule has 0 radical (unpaired) electrons. The first-order chi connectivity index (χ1) is 9.57. The molecule has 0 aliphatic rings. The standard InChI is InChI=1S/C15H18O5/c1-4-13(16)20-14(17)15(18-2,19-3)11-10-12-8-6-5-7-9-12/h5-11H,4H2,1-3H3. The number of methoxy groups -OCH3 is 2. The summed E-state index contributed by atoms with van der Waals surface area (Å²) in [6, 6.07) is 9.31. The molecule has 0 spiro atoms. The first-order valence-electron chi connectivity index (χ1n) is 6.17. The maximum atomic E-state index is 12.0. The first kappa shape index (κ1) is 16.1. The summed E-state index contributed by atoms with van der Waals surface area (Å²) in [5.74, 6) is -3.27. The molecule has 0 N–H and O–H groups in total. The maximum Gasteiger partial charge on any atom is 0.378 e. The predicted molar refractivity (Wildman–Crippen MR) is 73.6 cm³/mol. The molecule has 0 saturated carbocycles. The van der Waals surface area contributed by atoms with Gasteiger partial charge in [0.1, 0.15) is 0 Å². The van der Waals surface area contributed by atoms with E-state index in [9.17, 15) is 9.59 Å². The van der Waals surface area contributed by atoms with E-state index < -0.39 is 17.7 Å². The Bertz CT molecular complexity index is 474. The number of esters is 2. The molecule has 0 heterocycles. The van der Waals surface area contributed by atoms with Gasteiger partial charge in [0.25, 0.3) is 5.79 Å². The lowest BCUT2D eigenvalue weighted by Gasteiger charge is -2.24. The minimum Gasteiger partial charge on any atom is -0.389 e. The fraction of sp³-hybridized carbons (Fsp3) is 0.333. The molecule has 5 heteroatoms. The Morgan fingerprint density at radius 2 is 1.75 bits per heavy atom. The van der Waals surface area contributed by atoms with Gasteiger partial charge < -0.3 is 14.2 Å². The van der Waals surface area contributed by atoms with Crippen LogP contribution >= 0.6 is 0 Å². The molecule has 5 nitrogen and oxygen atoms in total. The van der Waals surface area contributed by atoms with Crippen LogP contribution in [0.5, 0.6) is 0 Å². The largest absolute Gasteiger partial charge is 0.389 e. The van der Waals surface area contributed by atoms with Gasteiger partial charge in [0.05, 0.1) is 0 Å². The highest BCUT2D eigenvalue weighted by atomic mass is 16.7. The third kappa shape index (κ3) is 4.01. The fourth-order valence-electron chi connectivity index (χ4n) is 1.47. The fourth-order valence-corrected chi connectivity index (χ4v) is 1.47. The van der Waals surface area contributed by atoms with Crippen LogP contribution in [0.2, 0.25) is 0 Å². The zero-order chi connectivity index (χ0) is 15.0. The Balaban J connectivity index is 2.94. The van der Waals surface area contributed by atoms with Crippen molar-refractivity contribution in [1.82, 2.24) is 0 Å². The summed E-state index contributed by atoms with van der Waals surface area (Å²) in [6.45, 7) is 1.59. The lowest BCUT2D eigenvalue weighted by Crippen LogP contribution is -2.43. The summed E-state index contributed by atoms with van der Waals surface area (Å²) in [5, 5.41) is 0. The molecule has 0 bridgehead atoms. The van der Waals surface area contributed by atoms with Crippen LogP contribution in [0.4, 0.5) is 0 Å².